The predicted octanol–water partition coefficient (Wildman–Crippen LogP) is 2.11. The molecule has 4 nitrogen and oxygen atoms in total. The Morgan fingerprint density at radius 2 is 1.78 bits per heavy atom. The highest BCUT2D eigenvalue weighted by Crippen LogP contribution is 2.41. The molecular formula is C14H27NO3. The zero-order chi connectivity index (χ0) is 14.2. The molecule has 1 rings (SSSR count). The third kappa shape index (κ3) is 3.95. The van der Waals surface area contributed by atoms with Gasteiger partial charge in [0.05, 0.1) is 12.0 Å². The fraction of sp³-hybridized carbons (Fsp3) is 0.929. The number of epoxide rings is 1. The van der Waals surface area contributed by atoms with Crippen molar-refractivity contribution < 1.29 is 14.3 Å². The van der Waals surface area contributed by atoms with E-state index < -0.39 is 11.0 Å². The molecule has 0 aromatic heterocycles. The predicted molar refractivity (Wildman–Crippen MR) is 71.1 cm³/mol. The summed E-state index contributed by atoms with van der Waals surface area (Å²) in [6.07, 6.45) is 0.780. The van der Waals surface area contributed by atoms with E-state index in [4.69, 9.17) is 15.2 Å². The second kappa shape index (κ2) is 4.82. The van der Waals surface area contributed by atoms with Crippen LogP contribution in [-0.2, 0) is 14.3 Å². The van der Waals surface area contributed by atoms with Crippen molar-refractivity contribution >= 4 is 5.97 Å². The summed E-state index contributed by atoms with van der Waals surface area (Å²) in [6.45, 7) is 13.0. The normalized spacial score (nSPS) is 23.4. The molecule has 0 aromatic rings. The quantitative estimate of drug-likeness (QED) is 0.605. The third-order valence-corrected chi connectivity index (χ3v) is 3.56. The molecule has 1 aliphatic rings. The van der Waals surface area contributed by atoms with Crippen LogP contribution in [0.15, 0.2) is 0 Å². The number of hydrogen-bond acceptors (Lipinski definition) is 4. The molecule has 0 aliphatic carbocycles. The Labute approximate surface area is 110 Å². The van der Waals surface area contributed by atoms with Gasteiger partial charge in [0.1, 0.15) is 12.7 Å². The van der Waals surface area contributed by atoms with Gasteiger partial charge in [-0.15, -0.1) is 0 Å². The van der Waals surface area contributed by atoms with Crippen LogP contribution in [0.4, 0.5) is 0 Å². The highest BCUT2D eigenvalue weighted by atomic mass is 16.6. The average molecular weight is 257 g/mol. The molecule has 0 bridgehead atoms. The number of rotatable bonds is 5. The van der Waals surface area contributed by atoms with Crippen LogP contribution in [0.1, 0.15) is 48.0 Å². The van der Waals surface area contributed by atoms with Gasteiger partial charge in [-0.2, -0.15) is 0 Å². The summed E-state index contributed by atoms with van der Waals surface area (Å²) in [4.78, 5) is 12.4. The van der Waals surface area contributed by atoms with Gasteiger partial charge in [-0.1, -0.05) is 20.8 Å². The molecule has 2 N–H and O–H groups in total. The molecule has 0 spiro atoms. The summed E-state index contributed by atoms with van der Waals surface area (Å²) in [5.41, 5.74) is 4.91. The maximum atomic E-state index is 12.4. The van der Waals surface area contributed by atoms with Crippen molar-refractivity contribution in [3.8, 4) is 0 Å². The van der Waals surface area contributed by atoms with Crippen LogP contribution in [0.3, 0.4) is 0 Å². The van der Waals surface area contributed by atoms with Gasteiger partial charge in [0, 0.05) is 5.54 Å². The Bertz CT molecular complexity index is 310. The molecule has 106 valence electrons. The Morgan fingerprint density at radius 3 is 2.11 bits per heavy atom. The Morgan fingerprint density at radius 1 is 1.28 bits per heavy atom. The maximum absolute atomic E-state index is 12.4. The molecule has 1 saturated heterocycles. The van der Waals surface area contributed by atoms with Gasteiger partial charge in [0.15, 0.2) is 0 Å². The number of hydrogen-bond donors (Lipinski definition) is 1. The first-order valence-electron chi connectivity index (χ1n) is 6.53. The lowest BCUT2D eigenvalue weighted by molar-refractivity contribution is -0.161. The van der Waals surface area contributed by atoms with Crippen molar-refractivity contribution in [3.63, 3.8) is 0 Å². The van der Waals surface area contributed by atoms with Crippen molar-refractivity contribution in [2.24, 2.45) is 16.6 Å². The summed E-state index contributed by atoms with van der Waals surface area (Å²) in [5, 5.41) is 0. The van der Waals surface area contributed by atoms with E-state index in [1.807, 2.05) is 20.8 Å². The first kappa shape index (κ1) is 15.4. The van der Waals surface area contributed by atoms with Crippen molar-refractivity contribution in [1.82, 2.24) is 0 Å². The van der Waals surface area contributed by atoms with E-state index >= 15 is 0 Å². The molecule has 18 heavy (non-hydrogen) atoms. The van der Waals surface area contributed by atoms with E-state index in [1.54, 1.807) is 0 Å². The van der Waals surface area contributed by atoms with Crippen molar-refractivity contribution in [2.75, 3.05) is 13.2 Å². The summed E-state index contributed by atoms with van der Waals surface area (Å²) >= 11 is 0. The van der Waals surface area contributed by atoms with E-state index in [9.17, 15) is 4.79 Å². The van der Waals surface area contributed by atoms with Gasteiger partial charge in [0.25, 0.3) is 0 Å². The summed E-state index contributed by atoms with van der Waals surface area (Å²) in [7, 11) is 0. The summed E-state index contributed by atoms with van der Waals surface area (Å²) < 4.78 is 10.4. The third-order valence-electron chi connectivity index (χ3n) is 3.56. The zero-order valence-electron chi connectivity index (χ0n) is 12.5. The van der Waals surface area contributed by atoms with Gasteiger partial charge >= 0.3 is 5.97 Å². The second-order valence-electron chi connectivity index (χ2n) is 7.35. The van der Waals surface area contributed by atoms with Crippen molar-refractivity contribution in [1.29, 1.82) is 0 Å². The topological polar surface area (TPSA) is 64.8 Å². The Kier molecular flexibility index (Phi) is 4.13. The molecule has 2 atom stereocenters. The number of ether oxygens (including phenoxy) is 2. The van der Waals surface area contributed by atoms with Gasteiger partial charge in [-0.3, -0.25) is 4.79 Å². The standard InChI is InChI=1S/C14H27NO3/c1-12(2,3)9-14(6,13(4,5)15)11(16)18-8-10-7-17-10/h10H,7-9,15H2,1-6H3. The van der Waals surface area contributed by atoms with Gasteiger partial charge in [-0.25, -0.2) is 0 Å². The summed E-state index contributed by atoms with van der Waals surface area (Å²) in [6, 6.07) is 0. The minimum Gasteiger partial charge on any atom is -0.462 e. The molecule has 1 fully saturated rings. The fourth-order valence-corrected chi connectivity index (χ4v) is 2.12. The number of nitrogens with two attached hydrogens (primary N) is 1. The van der Waals surface area contributed by atoms with Crippen LogP contribution in [0.25, 0.3) is 0 Å². The molecule has 1 heterocycles. The Balaban J connectivity index is 2.78. The van der Waals surface area contributed by atoms with Crippen LogP contribution < -0.4 is 5.73 Å². The fourth-order valence-electron chi connectivity index (χ4n) is 2.12. The van der Waals surface area contributed by atoms with E-state index in [1.165, 1.54) is 0 Å². The molecule has 1 aliphatic heterocycles. The molecule has 4 heteroatoms. The SMILES string of the molecule is CC(C)(C)CC(C)(C(=O)OCC1CO1)C(C)(C)N. The number of carbonyl (C=O) groups excluding carboxylic acids is 1. The lowest BCUT2D eigenvalue weighted by Crippen LogP contribution is -2.55. The molecule has 0 aromatic carbocycles. The number of carbonyl (C=O) groups is 1. The van der Waals surface area contributed by atoms with Crippen LogP contribution in [-0.4, -0.2) is 30.8 Å². The lowest BCUT2D eigenvalue weighted by atomic mass is 9.65. The van der Waals surface area contributed by atoms with Crippen molar-refractivity contribution in [3.05, 3.63) is 0 Å². The zero-order valence-corrected chi connectivity index (χ0v) is 12.5. The number of esters is 1. The highest BCUT2D eigenvalue weighted by molar-refractivity contribution is 5.78. The monoisotopic (exact) mass is 257 g/mol. The summed E-state index contributed by atoms with van der Waals surface area (Å²) in [5.74, 6) is -0.222. The first-order valence-corrected chi connectivity index (χ1v) is 6.53. The maximum Gasteiger partial charge on any atom is 0.313 e. The van der Waals surface area contributed by atoms with Gasteiger partial charge < -0.3 is 15.2 Å². The van der Waals surface area contributed by atoms with E-state index in [0.717, 1.165) is 0 Å². The van der Waals surface area contributed by atoms with E-state index in [2.05, 4.69) is 20.8 Å². The van der Waals surface area contributed by atoms with Gasteiger partial charge in [0.2, 0.25) is 0 Å². The molecule has 2 unspecified atom stereocenters. The molecule has 0 radical (unpaired) electrons. The Hall–Kier alpha value is -0.610. The largest absolute Gasteiger partial charge is 0.462 e. The van der Waals surface area contributed by atoms with E-state index in [-0.39, 0.29) is 17.5 Å². The molecule has 0 amide bonds. The minimum absolute atomic E-state index is 0.0144. The van der Waals surface area contributed by atoms with Gasteiger partial charge in [-0.05, 0) is 32.6 Å². The van der Waals surface area contributed by atoms with Crippen LogP contribution >= 0.6 is 0 Å². The first-order chi connectivity index (χ1) is 7.96. The van der Waals surface area contributed by atoms with Crippen LogP contribution in [0.5, 0.6) is 0 Å². The highest BCUT2D eigenvalue weighted by Gasteiger charge is 2.48. The lowest BCUT2D eigenvalue weighted by Gasteiger charge is -2.43. The van der Waals surface area contributed by atoms with Crippen molar-refractivity contribution in [2.45, 2.75) is 59.6 Å². The molecular weight excluding hydrogens is 230 g/mol. The van der Waals surface area contributed by atoms with E-state index in [0.29, 0.717) is 19.6 Å². The van der Waals surface area contributed by atoms with Crippen LogP contribution in [0, 0.1) is 10.8 Å². The smallest absolute Gasteiger partial charge is 0.313 e. The minimum atomic E-state index is -0.694. The second-order valence-corrected chi connectivity index (χ2v) is 7.35. The molecule has 0 saturated carbocycles. The van der Waals surface area contributed by atoms with Crippen LogP contribution in [0.2, 0.25) is 0 Å². The average Bonchev–Trinajstić information content (AvgIpc) is 2.92.